The molecule has 0 bridgehead atoms. The minimum atomic E-state index is -0.404. The monoisotopic (exact) mass is 355 g/mol. The number of hydrogen-bond acceptors (Lipinski definition) is 3. The summed E-state index contributed by atoms with van der Waals surface area (Å²) in [5.74, 6) is 0.910. The van der Waals surface area contributed by atoms with E-state index in [2.05, 4.69) is 24.9 Å². The van der Waals surface area contributed by atoms with Crippen molar-refractivity contribution in [1.82, 2.24) is 14.5 Å². The first-order chi connectivity index (χ1) is 12.4. The third-order valence-electron chi connectivity index (χ3n) is 4.80. The lowest BCUT2D eigenvalue weighted by molar-refractivity contribution is 0.383. The Morgan fingerprint density at radius 1 is 1.12 bits per heavy atom. The highest BCUT2D eigenvalue weighted by Gasteiger charge is 2.18. The molecule has 3 heterocycles. The van der Waals surface area contributed by atoms with E-state index in [-0.39, 0.29) is 6.04 Å². The third-order valence-corrected chi connectivity index (χ3v) is 4.80. The fourth-order valence-corrected chi connectivity index (χ4v) is 3.25. The van der Waals surface area contributed by atoms with E-state index in [4.69, 9.17) is 9.72 Å². The van der Waals surface area contributed by atoms with Crippen LogP contribution in [0.25, 0.3) is 22.3 Å². The van der Waals surface area contributed by atoms with Crippen molar-refractivity contribution in [1.29, 1.82) is 0 Å². The smallest absolute Gasteiger partial charge is 0.222 e. The van der Waals surface area contributed by atoms with Crippen LogP contribution < -0.4 is 4.74 Å². The molecule has 3 aromatic heterocycles. The molecule has 3 aromatic rings. The molecule has 1 atom stereocenters. The summed E-state index contributed by atoms with van der Waals surface area (Å²) in [5, 5.41) is 0. The van der Waals surface area contributed by atoms with Gasteiger partial charge in [0.15, 0.2) is 0 Å². The molecule has 4 nitrogen and oxygen atoms in total. The van der Waals surface area contributed by atoms with Gasteiger partial charge in [0.05, 0.1) is 35.4 Å². The van der Waals surface area contributed by atoms with Gasteiger partial charge in [0.1, 0.15) is 6.67 Å². The molecule has 0 N–H and O–H groups in total. The molecule has 0 unspecified atom stereocenters. The third kappa shape index (κ3) is 3.06. The molecule has 0 aliphatic rings. The maximum Gasteiger partial charge on any atom is 0.222 e. The molecule has 0 aliphatic heterocycles. The van der Waals surface area contributed by atoms with Gasteiger partial charge in [0.25, 0.3) is 0 Å². The van der Waals surface area contributed by atoms with Gasteiger partial charge in [0.2, 0.25) is 5.88 Å². The van der Waals surface area contributed by atoms with E-state index in [0.29, 0.717) is 11.8 Å². The van der Waals surface area contributed by atoms with Crippen molar-refractivity contribution in [2.75, 3.05) is 13.8 Å². The second-order valence-electron chi connectivity index (χ2n) is 7.19. The predicted molar refractivity (Wildman–Crippen MR) is 104 cm³/mol. The minimum Gasteiger partial charge on any atom is -0.480 e. The van der Waals surface area contributed by atoms with Crippen molar-refractivity contribution in [3.05, 3.63) is 41.2 Å². The Bertz CT molecular complexity index is 946. The van der Waals surface area contributed by atoms with Crippen LogP contribution in [0.3, 0.4) is 0 Å². The van der Waals surface area contributed by atoms with Crippen molar-refractivity contribution in [3.8, 4) is 17.1 Å². The number of pyridine rings is 2. The molecule has 0 spiro atoms. The van der Waals surface area contributed by atoms with Crippen LogP contribution in [0.4, 0.5) is 4.39 Å². The Hall–Kier alpha value is -2.43. The van der Waals surface area contributed by atoms with Crippen LogP contribution >= 0.6 is 0 Å². The summed E-state index contributed by atoms with van der Waals surface area (Å²) in [5.41, 5.74) is 6.62. The molecule has 0 saturated carbocycles. The summed E-state index contributed by atoms with van der Waals surface area (Å²) >= 11 is 0. The second-order valence-corrected chi connectivity index (χ2v) is 7.19. The van der Waals surface area contributed by atoms with Gasteiger partial charge in [0, 0.05) is 11.9 Å². The van der Waals surface area contributed by atoms with Crippen LogP contribution in [0.15, 0.2) is 24.4 Å². The number of fused-ring (bicyclic) bond motifs is 1. The second kappa shape index (κ2) is 7.06. The Labute approximate surface area is 154 Å². The molecule has 138 valence electrons. The topological polar surface area (TPSA) is 39.9 Å². The summed E-state index contributed by atoms with van der Waals surface area (Å²) in [6.07, 6.45) is 1.97. The van der Waals surface area contributed by atoms with Crippen LogP contribution in [0.5, 0.6) is 5.88 Å². The number of halogens is 1. The molecule has 5 heteroatoms. The summed E-state index contributed by atoms with van der Waals surface area (Å²) in [7, 11) is 1.63. The number of aryl methyl sites for hydroxylation is 2. The Morgan fingerprint density at radius 2 is 1.85 bits per heavy atom. The van der Waals surface area contributed by atoms with Gasteiger partial charge in [-0.05, 0) is 56.0 Å². The average Bonchev–Trinajstić information content (AvgIpc) is 2.95. The minimum absolute atomic E-state index is 0.209. The fraction of sp³-hybridized carbons (Fsp3) is 0.429. The van der Waals surface area contributed by atoms with Crippen LogP contribution in [0.1, 0.15) is 49.6 Å². The lowest BCUT2D eigenvalue weighted by Crippen LogP contribution is -2.06. The Kier molecular flexibility index (Phi) is 4.99. The molecule has 3 rings (SSSR count). The summed E-state index contributed by atoms with van der Waals surface area (Å²) < 4.78 is 20.7. The highest BCUT2D eigenvalue weighted by Crippen LogP contribution is 2.34. The van der Waals surface area contributed by atoms with Crippen LogP contribution in [0, 0.1) is 13.8 Å². The van der Waals surface area contributed by atoms with E-state index in [9.17, 15) is 4.39 Å². The van der Waals surface area contributed by atoms with E-state index in [1.807, 2.05) is 43.7 Å². The molecule has 0 aromatic carbocycles. The van der Waals surface area contributed by atoms with Crippen molar-refractivity contribution < 1.29 is 9.13 Å². The van der Waals surface area contributed by atoms with E-state index in [1.54, 1.807) is 7.11 Å². The van der Waals surface area contributed by atoms with Crippen molar-refractivity contribution in [2.24, 2.45) is 0 Å². The van der Waals surface area contributed by atoms with Gasteiger partial charge < -0.3 is 9.30 Å². The zero-order valence-corrected chi connectivity index (χ0v) is 16.3. The number of nitrogens with zero attached hydrogens (tertiary/aromatic N) is 3. The van der Waals surface area contributed by atoms with E-state index < -0.39 is 6.67 Å². The highest BCUT2D eigenvalue weighted by atomic mass is 19.1. The van der Waals surface area contributed by atoms with Gasteiger partial charge in [-0.15, -0.1) is 0 Å². The molecule has 0 aliphatic carbocycles. The van der Waals surface area contributed by atoms with Crippen LogP contribution in [0.2, 0.25) is 0 Å². The molecule has 26 heavy (non-hydrogen) atoms. The van der Waals surface area contributed by atoms with Crippen LogP contribution in [-0.2, 0) is 0 Å². The Morgan fingerprint density at radius 3 is 2.46 bits per heavy atom. The number of alkyl halides is 1. The zero-order chi connectivity index (χ0) is 19.0. The lowest BCUT2D eigenvalue weighted by Gasteiger charge is -2.14. The maximum atomic E-state index is 13.2. The average molecular weight is 355 g/mol. The van der Waals surface area contributed by atoms with E-state index in [0.717, 1.165) is 39.1 Å². The predicted octanol–water partition coefficient (Wildman–Crippen LogP) is 5.38. The maximum absolute atomic E-state index is 13.2. The highest BCUT2D eigenvalue weighted by molar-refractivity contribution is 5.85. The Balaban J connectivity index is 2.21. The number of methoxy groups -OCH3 is 1. The van der Waals surface area contributed by atoms with Gasteiger partial charge in [-0.1, -0.05) is 13.8 Å². The summed E-state index contributed by atoms with van der Waals surface area (Å²) in [6, 6.07) is 5.92. The zero-order valence-electron chi connectivity index (χ0n) is 16.3. The summed E-state index contributed by atoms with van der Waals surface area (Å²) in [6.45, 7) is 9.71. The normalized spacial score (nSPS) is 12.8. The van der Waals surface area contributed by atoms with Crippen molar-refractivity contribution in [3.63, 3.8) is 0 Å². The quantitative estimate of drug-likeness (QED) is 0.617. The van der Waals surface area contributed by atoms with E-state index >= 15 is 0 Å². The first-order valence-corrected chi connectivity index (χ1v) is 8.97. The van der Waals surface area contributed by atoms with Crippen molar-refractivity contribution in [2.45, 2.75) is 46.6 Å². The van der Waals surface area contributed by atoms with Gasteiger partial charge in [-0.3, -0.25) is 0 Å². The molecule has 0 fully saturated rings. The lowest BCUT2D eigenvalue weighted by atomic mass is 10.0. The molecule has 0 saturated heterocycles. The van der Waals surface area contributed by atoms with Gasteiger partial charge in [-0.2, -0.15) is 0 Å². The first-order valence-electron chi connectivity index (χ1n) is 8.97. The number of hydrogen-bond donors (Lipinski definition) is 0. The standard InChI is InChI=1S/C21H26FN3O/c1-12(2)17-8-7-16(21(23-17)26-6)19-13(3)9-18-20(24-19)14(4)11-25(18)15(5)10-22/h7-9,11-12,15H,10H2,1-6H3/t15-/m1/s1. The molecule has 0 radical (unpaired) electrons. The number of rotatable bonds is 5. The SMILES string of the molecule is COc1nc(C(C)C)ccc1-c1nc2c(C)cn([C@H](C)CF)c2cc1C. The molecular formula is C21H26FN3O. The summed E-state index contributed by atoms with van der Waals surface area (Å²) in [4.78, 5) is 9.54. The molecule has 0 amide bonds. The molecular weight excluding hydrogens is 329 g/mol. The van der Waals surface area contributed by atoms with Crippen LogP contribution in [-0.4, -0.2) is 28.3 Å². The largest absolute Gasteiger partial charge is 0.480 e. The fourth-order valence-electron chi connectivity index (χ4n) is 3.25. The first kappa shape index (κ1) is 18.4. The number of ether oxygens (including phenoxy) is 1. The van der Waals surface area contributed by atoms with Gasteiger partial charge >= 0.3 is 0 Å². The van der Waals surface area contributed by atoms with Gasteiger partial charge in [-0.25, -0.2) is 14.4 Å². The van der Waals surface area contributed by atoms with E-state index in [1.165, 1.54) is 0 Å². The van der Waals surface area contributed by atoms with Crippen molar-refractivity contribution >= 4 is 11.0 Å². The number of aromatic nitrogens is 3.